The fourth-order valence-electron chi connectivity index (χ4n) is 9.53. The van der Waals surface area contributed by atoms with E-state index in [0.29, 0.717) is 31.1 Å². The molecule has 4 aliphatic rings. The summed E-state index contributed by atoms with van der Waals surface area (Å²) in [6, 6.07) is -0.161. The zero-order chi connectivity index (χ0) is 38.8. The van der Waals surface area contributed by atoms with Gasteiger partial charge in [-0.25, -0.2) is 0 Å². The van der Waals surface area contributed by atoms with Crippen LogP contribution in [-0.4, -0.2) is 133 Å². The van der Waals surface area contributed by atoms with Gasteiger partial charge in [0, 0.05) is 49.9 Å². The number of likely N-dealkylation sites (tertiary alicyclic amines) is 2. The summed E-state index contributed by atoms with van der Waals surface area (Å²) < 4.78 is 19.5. The van der Waals surface area contributed by atoms with Gasteiger partial charge in [-0.05, 0) is 110 Å². The number of aliphatic hydroxyl groups excluding tert-OH is 2. The Morgan fingerprint density at radius 1 is 0.925 bits per heavy atom. The number of cyclic esters (lactones) is 1. The summed E-state index contributed by atoms with van der Waals surface area (Å²) in [5.74, 6) is 0.0603. The number of carbonyl (C=O) groups is 2. The Bertz CT molecular complexity index is 1190. The van der Waals surface area contributed by atoms with Gasteiger partial charge in [0.05, 0.1) is 30.8 Å². The molecule has 0 aromatic heterocycles. The molecule has 0 saturated carbocycles. The van der Waals surface area contributed by atoms with Crippen molar-refractivity contribution in [3.8, 4) is 0 Å². The van der Waals surface area contributed by atoms with Gasteiger partial charge in [-0.1, -0.05) is 58.8 Å². The van der Waals surface area contributed by atoms with E-state index in [0.717, 1.165) is 51.3 Å². The molecule has 0 aliphatic carbocycles. The Balaban J connectivity index is 1.67. The molecule has 0 spiro atoms. The third-order valence-electron chi connectivity index (χ3n) is 12.6. The number of rotatable bonds is 9. The van der Waals surface area contributed by atoms with E-state index < -0.39 is 42.6 Å². The molecule has 4 rings (SSSR count). The van der Waals surface area contributed by atoms with Gasteiger partial charge in [-0.3, -0.25) is 9.59 Å². The van der Waals surface area contributed by atoms with Gasteiger partial charge in [0.1, 0.15) is 6.10 Å². The molecule has 3 saturated heterocycles. The Labute approximate surface area is 321 Å². The number of ether oxygens (including phenoxy) is 3. The molecule has 0 radical (unpaired) electrons. The lowest BCUT2D eigenvalue weighted by atomic mass is 9.79. The predicted octanol–water partition coefficient (Wildman–Crippen LogP) is 5.70. The van der Waals surface area contributed by atoms with Crippen molar-refractivity contribution < 1.29 is 34.0 Å². The lowest BCUT2D eigenvalue weighted by molar-refractivity contribution is -0.265. The number of hydrogen-bond acceptors (Lipinski definition) is 10. The fourth-order valence-corrected chi connectivity index (χ4v) is 9.53. The molecular formula is C43H75N3O7. The van der Waals surface area contributed by atoms with Crippen LogP contribution < -0.4 is 0 Å². The number of hydrogen-bond donors (Lipinski definition) is 2. The van der Waals surface area contributed by atoms with E-state index in [2.05, 4.69) is 29.7 Å². The predicted molar refractivity (Wildman–Crippen MR) is 210 cm³/mol. The molecule has 0 amide bonds. The number of nitrogens with zero attached hydrogens (tertiary/aromatic N) is 3. The van der Waals surface area contributed by atoms with E-state index in [1.165, 1.54) is 25.7 Å². The second kappa shape index (κ2) is 21.0. The number of ketones is 1. The van der Waals surface area contributed by atoms with Crippen molar-refractivity contribution in [2.75, 3.05) is 53.4 Å². The number of carbonyl (C=O) groups excluding carboxylic acids is 2. The summed E-state index contributed by atoms with van der Waals surface area (Å²) in [5, 5.41) is 22.8. The van der Waals surface area contributed by atoms with Crippen molar-refractivity contribution in [3.05, 3.63) is 23.8 Å². The molecule has 4 aliphatic heterocycles. The van der Waals surface area contributed by atoms with Gasteiger partial charge in [0.2, 0.25) is 0 Å². The fraction of sp³-hybridized carbons (Fsp3) is 0.860. The smallest absolute Gasteiger partial charge is 0.308 e. The van der Waals surface area contributed by atoms with Crippen molar-refractivity contribution in [2.45, 2.75) is 149 Å². The maximum Gasteiger partial charge on any atom is 0.308 e. The van der Waals surface area contributed by atoms with Gasteiger partial charge >= 0.3 is 5.97 Å². The molecule has 10 heteroatoms. The van der Waals surface area contributed by atoms with E-state index in [4.69, 9.17) is 14.2 Å². The number of esters is 1. The first kappa shape index (κ1) is 44.1. The molecule has 0 aromatic carbocycles. The lowest BCUT2D eigenvalue weighted by Crippen LogP contribution is -2.55. The van der Waals surface area contributed by atoms with Crippen molar-refractivity contribution in [3.63, 3.8) is 0 Å². The molecule has 4 heterocycles. The van der Waals surface area contributed by atoms with Crippen LogP contribution in [0, 0.1) is 35.5 Å². The van der Waals surface area contributed by atoms with Crippen molar-refractivity contribution in [2.24, 2.45) is 35.5 Å². The van der Waals surface area contributed by atoms with Crippen LogP contribution in [0.5, 0.6) is 0 Å². The highest BCUT2D eigenvalue weighted by Gasteiger charge is 2.42. The SMILES string of the molecule is CCC1OC(=O)CC(O)C(C)C(OC2CC(N(C)C)C(O)C(C)O2)C(CCN2CC(C)CC(C)C2)CC(C)C(=O)/C=C/C(C)=C/C1CN1CCCCC1. The van der Waals surface area contributed by atoms with Gasteiger partial charge in [-0.15, -0.1) is 0 Å². The molecule has 10 nitrogen and oxygen atoms in total. The van der Waals surface area contributed by atoms with E-state index >= 15 is 0 Å². The highest BCUT2D eigenvalue weighted by molar-refractivity contribution is 5.91. The second-order valence-electron chi connectivity index (χ2n) is 17.8. The maximum atomic E-state index is 13.8. The summed E-state index contributed by atoms with van der Waals surface area (Å²) in [5.41, 5.74) is 0.982. The van der Waals surface area contributed by atoms with E-state index in [1.54, 1.807) is 6.08 Å². The monoisotopic (exact) mass is 746 g/mol. The summed E-state index contributed by atoms with van der Waals surface area (Å²) in [6.07, 6.45) is 9.38. The van der Waals surface area contributed by atoms with Crippen LogP contribution in [0.1, 0.15) is 106 Å². The van der Waals surface area contributed by atoms with Crippen LogP contribution in [0.2, 0.25) is 0 Å². The topological polar surface area (TPSA) is 112 Å². The second-order valence-corrected chi connectivity index (χ2v) is 17.8. The molecule has 53 heavy (non-hydrogen) atoms. The number of allylic oxidation sites excluding steroid dienone is 3. The minimum atomic E-state index is -1.02. The zero-order valence-electron chi connectivity index (χ0n) is 34.6. The summed E-state index contributed by atoms with van der Waals surface area (Å²) in [7, 11) is 3.91. The third kappa shape index (κ3) is 13.2. The molecule has 13 atom stereocenters. The molecule has 0 aromatic rings. The first-order valence-electron chi connectivity index (χ1n) is 21.0. The number of likely N-dealkylation sites (N-methyl/N-ethyl adjacent to an activating group) is 1. The lowest BCUT2D eigenvalue weighted by Gasteiger charge is -2.44. The standard InChI is InChI=1S/C43H75N3O7/c1-10-39-35(27-45-17-12-11-13-18-45)21-28(2)14-15-37(47)31(5)22-34(16-19-46-25-29(3)20-30(4)26-46)43(32(6)38(48)24-40(49)52-39)53-41-23-36(44(8)9)42(50)33(7)51-41/h14-15,21,29-36,38-39,41-43,48,50H,10-13,16-20,22-27H2,1-9H3/b15-14+,28-21+. The zero-order valence-corrected chi connectivity index (χ0v) is 34.6. The van der Waals surface area contributed by atoms with Crippen LogP contribution in [0.25, 0.3) is 0 Å². The van der Waals surface area contributed by atoms with E-state index in [-0.39, 0.29) is 42.1 Å². The molecule has 13 unspecified atom stereocenters. The Hall–Kier alpha value is -1.66. The highest BCUT2D eigenvalue weighted by atomic mass is 16.7. The van der Waals surface area contributed by atoms with Crippen LogP contribution in [-0.2, 0) is 23.8 Å². The number of piperidine rings is 2. The van der Waals surface area contributed by atoms with Gasteiger partial charge in [0.15, 0.2) is 12.1 Å². The average molecular weight is 746 g/mol. The summed E-state index contributed by atoms with van der Waals surface area (Å²) >= 11 is 0. The molecule has 3 fully saturated rings. The Kier molecular flexibility index (Phi) is 17.5. The van der Waals surface area contributed by atoms with Crippen molar-refractivity contribution >= 4 is 11.8 Å². The van der Waals surface area contributed by atoms with Crippen LogP contribution in [0.4, 0.5) is 0 Å². The normalized spacial score (nSPS) is 41.1. The maximum absolute atomic E-state index is 13.8. The summed E-state index contributed by atoms with van der Waals surface area (Å²) in [6.45, 7) is 20.3. The van der Waals surface area contributed by atoms with Crippen LogP contribution in [0.3, 0.4) is 0 Å². The van der Waals surface area contributed by atoms with Crippen molar-refractivity contribution in [1.29, 1.82) is 0 Å². The Morgan fingerprint density at radius 2 is 1.60 bits per heavy atom. The first-order valence-corrected chi connectivity index (χ1v) is 21.0. The van der Waals surface area contributed by atoms with E-state index in [9.17, 15) is 19.8 Å². The van der Waals surface area contributed by atoms with Gasteiger partial charge < -0.3 is 39.1 Å². The first-order chi connectivity index (χ1) is 25.1. The summed E-state index contributed by atoms with van der Waals surface area (Å²) in [4.78, 5) is 34.6. The highest BCUT2D eigenvalue weighted by Crippen LogP contribution is 2.35. The Morgan fingerprint density at radius 3 is 2.25 bits per heavy atom. The van der Waals surface area contributed by atoms with Gasteiger partial charge in [-0.2, -0.15) is 0 Å². The van der Waals surface area contributed by atoms with Crippen LogP contribution >= 0.6 is 0 Å². The van der Waals surface area contributed by atoms with Gasteiger partial charge in [0.25, 0.3) is 0 Å². The quantitative estimate of drug-likeness (QED) is 0.285. The number of aliphatic hydroxyl groups is 2. The molecule has 2 N–H and O–H groups in total. The largest absolute Gasteiger partial charge is 0.462 e. The van der Waals surface area contributed by atoms with Crippen LogP contribution in [0.15, 0.2) is 23.8 Å². The molecule has 0 bridgehead atoms. The minimum Gasteiger partial charge on any atom is -0.462 e. The molecule has 304 valence electrons. The minimum absolute atomic E-state index is 0.0344. The average Bonchev–Trinajstić information content (AvgIpc) is 3.10. The third-order valence-corrected chi connectivity index (χ3v) is 12.6. The molecular weight excluding hydrogens is 670 g/mol. The van der Waals surface area contributed by atoms with Crippen molar-refractivity contribution in [1.82, 2.24) is 14.7 Å². The van der Waals surface area contributed by atoms with E-state index in [1.807, 2.05) is 59.7 Å².